The molecule has 1 aromatic heterocycles. The molecule has 7 heteroatoms. The Hall–Kier alpha value is -0.410. The zero-order valence-corrected chi connectivity index (χ0v) is 17.0. The molecule has 1 aliphatic heterocycles. The van der Waals surface area contributed by atoms with E-state index < -0.39 is 0 Å². The normalized spacial score (nSPS) is 21.5. The maximum Gasteiger partial charge on any atom is 0.191 e. The van der Waals surface area contributed by atoms with Gasteiger partial charge >= 0.3 is 0 Å². The van der Waals surface area contributed by atoms with Gasteiger partial charge in [-0.25, -0.2) is 4.98 Å². The van der Waals surface area contributed by atoms with Crippen LogP contribution in [0.25, 0.3) is 0 Å². The molecule has 0 aliphatic carbocycles. The molecular formula is C15H27IN4OS. The highest BCUT2D eigenvalue weighted by Crippen LogP contribution is 2.23. The number of nitrogens with one attached hydrogen (secondary N) is 2. The number of nitrogens with zero attached hydrogens (tertiary/aromatic N) is 2. The molecule has 1 aliphatic rings. The minimum atomic E-state index is -0.0526. The molecule has 0 spiro atoms. The molecule has 126 valence electrons. The highest BCUT2D eigenvalue weighted by atomic mass is 127. The number of halogens is 1. The van der Waals surface area contributed by atoms with E-state index in [4.69, 9.17) is 4.74 Å². The molecule has 0 amide bonds. The smallest absolute Gasteiger partial charge is 0.191 e. The van der Waals surface area contributed by atoms with Gasteiger partial charge in [0.1, 0.15) is 0 Å². The van der Waals surface area contributed by atoms with Crippen molar-refractivity contribution in [2.24, 2.45) is 4.99 Å². The number of thiazole rings is 1. The lowest BCUT2D eigenvalue weighted by Crippen LogP contribution is -2.45. The van der Waals surface area contributed by atoms with E-state index in [-0.39, 0.29) is 29.6 Å². The first-order chi connectivity index (χ1) is 10.0. The molecule has 2 rings (SSSR count). The molecule has 1 aromatic rings. The number of ether oxygens (including phenoxy) is 1. The average Bonchev–Trinajstić information content (AvgIpc) is 3.00. The van der Waals surface area contributed by atoms with Crippen molar-refractivity contribution >= 4 is 41.3 Å². The Morgan fingerprint density at radius 2 is 2.18 bits per heavy atom. The largest absolute Gasteiger partial charge is 0.373 e. The number of guanidine groups is 1. The summed E-state index contributed by atoms with van der Waals surface area (Å²) in [5.74, 6) is 0.839. The minimum absolute atomic E-state index is 0. The summed E-state index contributed by atoms with van der Waals surface area (Å²) >= 11 is 1.78. The summed E-state index contributed by atoms with van der Waals surface area (Å²) in [6.07, 6.45) is 3.23. The summed E-state index contributed by atoms with van der Waals surface area (Å²) in [5.41, 5.74) is 1.09. The maximum absolute atomic E-state index is 5.78. The number of rotatable bonds is 5. The van der Waals surface area contributed by atoms with Crippen molar-refractivity contribution in [3.8, 4) is 0 Å². The summed E-state index contributed by atoms with van der Waals surface area (Å²) in [6.45, 7) is 8.81. The van der Waals surface area contributed by atoms with Crippen LogP contribution in [0.15, 0.2) is 4.99 Å². The molecule has 0 aromatic carbocycles. The predicted octanol–water partition coefficient (Wildman–Crippen LogP) is 2.65. The third-order valence-corrected chi connectivity index (χ3v) is 4.93. The molecule has 0 saturated carbocycles. The SMILES string of the molecule is CN=C(NCCc1sc(C)nc1C)NCC1(C)CCCO1.I. The van der Waals surface area contributed by atoms with Gasteiger partial charge in [0.05, 0.1) is 16.3 Å². The van der Waals surface area contributed by atoms with E-state index in [9.17, 15) is 0 Å². The molecule has 1 saturated heterocycles. The minimum Gasteiger partial charge on any atom is -0.373 e. The Balaban J connectivity index is 0.00000242. The van der Waals surface area contributed by atoms with Crippen molar-refractivity contribution in [1.29, 1.82) is 0 Å². The van der Waals surface area contributed by atoms with E-state index in [2.05, 4.69) is 41.4 Å². The molecule has 22 heavy (non-hydrogen) atoms. The van der Waals surface area contributed by atoms with Crippen LogP contribution >= 0.6 is 35.3 Å². The second kappa shape index (κ2) is 9.02. The van der Waals surface area contributed by atoms with Gasteiger partial charge < -0.3 is 15.4 Å². The molecule has 2 heterocycles. The summed E-state index contributed by atoms with van der Waals surface area (Å²) < 4.78 is 5.78. The Morgan fingerprint density at radius 3 is 2.73 bits per heavy atom. The molecule has 2 N–H and O–H groups in total. The lowest BCUT2D eigenvalue weighted by molar-refractivity contribution is 0.0243. The van der Waals surface area contributed by atoms with Crippen LogP contribution in [0.4, 0.5) is 0 Å². The zero-order chi connectivity index (χ0) is 15.3. The highest BCUT2D eigenvalue weighted by molar-refractivity contribution is 14.0. The first kappa shape index (κ1) is 19.6. The molecule has 0 radical (unpaired) electrons. The van der Waals surface area contributed by atoms with Gasteiger partial charge in [0, 0.05) is 38.0 Å². The van der Waals surface area contributed by atoms with Crippen molar-refractivity contribution in [3.63, 3.8) is 0 Å². The standard InChI is InChI=1S/C15H26N4OS.HI/c1-11-13(21-12(2)19-11)6-8-17-14(16-4)18-10-15(3)7-5-9-20-15;/h5-10H2,1-4H3,(H2,16,17,18);1H. The molecule has 0 bridgehead atoms. The predicted molar refractivity (Wildman–Crippen MR) is 104 cm³/mol. The van der Waals surface area contributed by atoms with Crippen LogP contribution in [0, 0.1) is 13.8 Å². The van der Waals surface area contributed by atoms with Crippen LogP contribution in [0.1, 0.15) is 35.3 Å². The number of aliphatic imine (C=N–C) groups is 1. The van der Waals surface area contributed by atoms with Crippen molar-refractivity contribution in [2.45, 2.75) is 45.6 Å². The molecule has 1 fully saturated rings. The van der Waals surface area contributed by atoms with Crippen molar-refractivity contribution in [3.05, 3.63) is 15.6 Å². The quantitative estimate of drug-likeness (QED) is 0.422. The van der Waals surface area contributed by atoms with Crippen LogP contribution < -0.4 is 10.6 Å². The zero-order valence-electron chi connectivity index (χ0n) is 13.9. The van der Waals surface area contributed by atoms with Crippen LogP contribution in [0.2, 0.25) is 0 Å². The van der Waals surface area contributed by atoms with Gasteiger partial charge in [0.2, 0.25) is 0 Å². The highest BCUT2D eigenvalue weighted by Gasteiger charge is 2.29. The van der Waals surface area contributed by atoms with E-state index in [0.29, 0.717) is 0 Å². The topological polar surface area (TPSA) is 58.5 Å². The van der Waals surface area contributed by atoms with E-state index in [1.807, 2.05) is 0 Å². The van der Waals surface area contributed by atoms with Gasteiger partial charge in [-0.3, -0.25) is 4.99 Å². The first-order valence-corrected chi connectivity index (χ1v) is 8.35. The van der Waals surface area contributed by atoms with Crippen molar-refractivity contribution < 1.29 is 4.74 Å². The van der Waals surface area contributed by atoms with Gasteiger partial charge in [0.15, 0.2) is 5.96 Å². The average molecular weight is 438 g/mol. The van der Waals surface area contributed by atoms with E-state index in [1.54, 1.807) is 18.4 Å². The van der Waals surface area contributed by atoms with Crippen LogP contribution in [0.3, 0.4) is 0 Å². The van der Waals surface area contributed by atoms with Gasteiger partial charge in [-0.05, 0) is 33.6 Å². The summed E-state index contributed by atoms with van der Waals surface area (Å²) in [4.78, 5) is 10.1. The number of aromatic nitrogens is 1. The van der Waals surface area contributed by atoms with E-state index >= 15 is 0 Å². The number of aryl methyl sites for hydroxylation is 2. The van der Waals surface area contributed by atoms with E-state index in [0.717, 1.165) is 55.6 Å². The molecule has 1 unspecified atom stereocenters. The molecule has 5 nitrogen and oxygen atoms in total. The Bertz CT molecular complexity index is 498. The van der Waals surface area contributed by atoms with Crippen LogP contribution in [-0.2, 0) is 11.2 Å². The Kier molecular flexibility index (Phi) is 8.06. The second-order valence-corrected chi connectivity index (χ2v) is 7.03. The summed E-state index contributed by atoms with van der Waals surface area (Å²) in [5, 5.41) is 7.85. The lowest BCUT2D eigenvalue weighted by Gasteiger charge is -2.24. The third-order valence-electron chi connectivity index (χ3n) is 3.80. The molecule has 1 atom stereocenters. The van der Waals surface area contributed by atoms with Crippen molar-refractivity contribution in [2.75, 3.05) is 26.7 Å². The monoisotopic (exact) mass is 438 g/mol. The fraction of sp³-hybridized carbons (Fsp3) is 0.733. The second-order valence-electron chi connectivity index (χ2n) is 5.75. The number of hydrogen-bond donors (Lipinski definition) is 2. The van der Waals surface area contributed by atoms with Gasteiger partial charge in [-0.15, -0.1) is 35.3 Å². The van der Waals surface area contributed by atoms with Gasteiger partial charge in [0.25, 0.3) is 0 Å². The number of hydrogen-bond acceptors (Lipinski definition) is 4. The first-order valence-electron chi connectivity index (χ1n) is 7.54. The van der Waals surface area contributed by atoms with Gasteiger partial charge in [-0.1, -0.05) is 0 Å². The molecular weight excluding hydrogens is 411 g/mol. The fourth-order valence-corrected chi connectivity index (χ4v) is 3.50. The lowest BCUT2D eigenvalue weighted by atomic mass is 10.0. The van der Waals surface area contributed by atoms with Crippen molar-refractivity contribution in [1.82, 2.24) is 15.6 Å². The van der Waals surface area contributed by atoms with Crippen LogP contribution in [-0.4, -0.2) is 43.3 Å². The summed E-state index contributed by atoms with van der Waals surface area (Å²) in [7, 11) is 1.80. The van der Waals surface area contributed by atoms with E-state index in [1.165, 1.54) is 4.88 Å². The fourth-order valence-electron chi connectivity index (χ4n) is 2.57. The Morgan fingerprint density at radius 1 is 1.41 bits per heavy atom. The third kappa shape index (κ3) is 5.66. The van der Waals surface area contributed by atoms with Gasteiger partial charge in [-0.2, -0.15) is 0 Å². The summed E-state index contributed by atoms with van der Waals surface area (Å²) in [6, 6.07) is 0. The van der Waals surface area contributed by atoms with Crippen LogP contribution in [0.5, 0.6) is 0 Å². The maximum atomic E-state index is 5.78. The Labute approximate surface area is 154 Å².